The number of carboxylic acids is 1. The van der Waals surface area contributed by atoms with E-state index in [0.717, 1.165) is 0 Å². The molecule has 0 aliphatic carbocycles. The van der Waals surface area contributed by atoms with Gasteiger partial charge in [0.2, 0.25) is 0 Å². The molecule has 2 N–H and O–H groups in total. The highest BCUT2D eigenvalue weighted by Crippen LogP contribution is 2.27. The van der Waals surface area contributed by atoms with Gasteiger partial charge in [-0.25, -0.2) is 4.79 Å². The van der Waals surface area contributed by atoms with Crippen LogP contribution in [0.15, 0.2) is 48.7 Å². The lowest BCUT2D eigenvalue weighted by atomic mass is 9.88. The first-order valence-corrected chi connectivity index (χ1v) is 8.68. The molecule has 0 saturated carbocycles. The minimum Gasteiger partial charge on any atom is -0.480 e. The molecule has 10 nitrogen and oxygen atoms in total. The summed E-state index contributed by atoms with van der Waals surface area (Å²) in [6.45, 7) is 1.71. The number of nitro benzene ring substituents is 1. The lowest BCUT2D eigenvalue weighted by Gasteiger charge is -2.24. The first kappa shape index (κ1) is 21.5. The second kappa shape index (κ2) is 9.93. The van der Waals surface area contributed by atoms with Crippen molar-refractivity contribution in [1.29, 1.82) is 0 Å². The number of carboxylic acid groups (broad SMARTS) is 1. The topological polar surface area (TPSA) is 149 Å². The van der Waals surface area contributed by atoms with Gasteiger partial charge >= 0.3 is 11.9 Å². The van der Waals surface area contributed by atoms with Crippen LogP contribution < -0.4 is 5.32 Å². The van der Waals surface area contributed by atoms with Crippen molar-refractivity contribution in [3.63, 3.8) is 0 Å². The summed E-state index contributed by atoms with van der Waals surface area (Å²) in [4.78, 5) is 50.5. The Morgan fingerprint density at radius 3 is 2.41 bits per heavy atom. The van der Waals surface area contributed by atoms with Crippen molar-refractivity contribution >= 4 is 23.5 Å². The third-order valence-corrected chi connectivity index (χ3v) is 4.08. The van der Waals surface area contributed by atoms with E-state index in [4.69, 9.17) is 4.74 Å². The molecule has 29 heavy (non-hydrogen) atoms. The number of rotatable bonds is 9. The predicted molar refractivity (Wildman–Crippen MR) is 100 cm³/mol. The van der Waals surface area contributed by atoms with E-state index in [-0.39, 0.29) is 24.4 Å². The van der Waals surface area contributed by atoms with Crippen molar-refractivity contribution in [2.75, 3.05) is 6.61 Å². The molecule has 0 bridgehead atoms. The fourth-order valence-electron chi connectivity index (χ4n) is 2.72. The molecular weight excluding hydrogens is 382 g/mol. The third kappa shape index (κ3) is 5.83. The Bertz CT molecular complexity index is 884. The highest BCUT2D eigenvalue weighted by Gasteiger charge is 2.34. The van der Waals surface area contributed by atoms with Crippen LogP contribution >= 0.6 is 0 Å². The average molecular weight is 401 g/mol. The predicted octanol–water partition coefficient (Wildman–Crippen LogP) is 1.91. The number of non-ortho nitro benzene ring substituents is 1. The van der Waals surface area contributed by atoms with E-state index < -0.39 is 34.7 Å². The Kier molecular flexibility index (Phi) is 7.35. The molecule has 2 aromatic rings. The highest BCUT2D eigenvalue weighted by atomic mass is 16.6. The van der Waals surface area contributed by atoms with Crippen LogP contribution in [0.5, 0.6) is 0 Å². The van der Waals surface area contributed by atoms with Crippen LogP contribution in [-0.2, 0) is 14.3 Å². The van der Waals surface area contributed by atoms with E-state index in [9.17, 15) is 29.6 Å². The molecule has 2 rings (SSSR count). The Labute approximate surface area is 165 Å². The normalized spacial score (nSPS) is 12.4. The summed E-state index contributed by atoms with van der Waals surface area (Å²) in [5.41, 5.74) is 0.155. The first-order chi connectivity index (χ1) is 13.8. The van der Waals surface area contributed by atoms with E-state index in [1.807, 2.05) is 0 Å². The molecule has 1 aromatic carbocycles. The maximum atomic E-state index is 12.4. The number of nitrogens with zero attached hydrogens (tertiary/aromatic N) is 2. The van der Waals surface area contributed by atoms with Crippen molar-refractivity contribution in [1.82, 2.24) is 10.3 Å². The summed E-state index contributed by atoms with van der Waals surface area (Å²) in [5.74, 6) is -3.77. The van der Waals surface area contributed by atoms with Gasteiger partial charge in [0.25, 0.3) is 11.6 Å². The number of ether oxygens (including phenoxy) is 1. The Morgan fingerprint density at radius 1 is 1.21 bits per heavy atom. The highest BCUT2D eigenvalue weighted by molar-refractivity contribution is 5.95. The molecule has 10 heteroatoms. The van der Waals surface area contributed by atoms with Crippen LogP contribution in [0.2, 0.25) is 0 Å². The number of nitro groups is 1. The number of aliphatic carboxylic acids is 1. The quantitative estimate of drug-likeness (QED) is 0.368. The SMILES string of the molecule is CCOC(=O)C[C@@H](c1ccc([N+](=O)[O-])cc1)[C@@H](NC(=O)c1ccccn1)C(=O)O. The van der Waals surface area contributed by atoms with E-state index >= 15 is 0 Å². The van der Waals surface area contributed by atoms with Crippen molar-refractivity contribution in [3.8, 4) is 0 Å². The molecule has 0 radical (unpaired) electrons. The molecule has 0 fully saturated rings. The maximum absolute atomic E-state index is 12.4. The lowest BCUT2D eigenvalue weighted by Crippen LogP contribution is -2.45. The second-order valence-corrected chi connectivity index (χ2v) is 5.97. The average Bonchev–Trinajstić information content (AvgIpc) is 2.71. The first-order valence-electron chi connectivity index (χ1n) is 8.68. The van der Waals surface area contributed by atoms with Gasteiger partial charge in [0, 0.05) is 24.2 Å². The van der Waals surface area contributed by atoms with Gasteiger partial charge in [-0.1, -0.05) is 18.2 Å². The van der Waals surface area contributed by atoms with Crippen LogP contribution in [0.25, 0.3) is 0 Å². The smallest absolute Gasteiger partial charge is 0.326 e. The number of carbonyl (C=O) groups excluding carboxylic acids is 2. The number of benzene rings is 1. The zero-order valence-corrected chi connectivity index (χ0v) is 15.5. The van der Waals surface area contributed by atoms with Gasteiger partial charge in [-0.3, -0.25) is 24.7 Å². The second-order valence-electron chi connectivity index (χ2n) is 5.97. The summed E-state index contributed by atoms with van der Waals surface area (Å²) >= 11 is 0. The fourth-order valence-corrected chi connectivity index (χ4v) is 2.72. The van der Waals surface area contributed by atoms with Crippen molar-refractivity contribution in [2.45, 2.75) is 25.3 Å². The number of amides is 1. The molecule has 2 atom stereocenters. The fraction of sp³-hybridized carbons (Fsp3) is 0.263. The van der Waals surface area contributed by atoms with E-state index in [2.05, 4.69) is 10.3 Å². The molecule has 0 saturated heterocycles. The molecule has 0 unspecified atom stereocenters. The van der Waals surface area contributed by atoms with E-state index in [0.29, 0.717) is 5.56 Å². The van der Waals surface area contributed by atoms with Gasteiger partial charge in [-0.05, 0) is 24.6 Å². The lowest BCUT2D eigenvalue weighted by molar-refractivity contribution is -0.384. The van der Waals surface area contributed by atoms with Crippen molar-refractivity contribution in [2.24, 2.45) is 0 Å². The summed E-state index contributed by atoms with van der Waals surface area (Å²) < 4.78 is 4.91. The summed E-state index contributed by atoms with van der Waals surface area (Å²) in [6.07, 6.45) is 1.04. The van der Waals surface area contributed by atoms with Gasteiger partial charge < -0.3 is 15.2 Å². The monoisotopic (exact) mass is 401 g/mol. The maximum Gasteiger partial charge on any atom is 0.326 e. The number of hydrogen-bond acceptors (Lipinski definition) is 7. The number of hydrogen-bond donors (Lipinski definition) is 2. The standard InChI is InChI=1S/C19H19N3O7/c1-2-29-16(23)11-14(12-6-8-13(9-7-12)22(27)28)17(19(25)26)21-18(24)15-5-3-4-10-20-15/h3-10,14,17H,2,11H2,1H3,(H,21,24)(H,25,26)/t14-,17+/m0/s1. The third-order valence-electron chi connectivity index (χ3n) is 4.08. The molecule has 1 amide bonds. The number of pyridine rings is 1. The molecule has 0 aliphatic rings. The summed E-state index contributed by atoms with van der Waals surface area (Å²) in [7, 11) is 0. The van der Waals surface area contributed by atoms with Gasteiger partial charge in [0.15, 0.2) is 0 Å². The zero-order valence-electron chi connectivity index (χ0n) is 15.5. The Morgan fingerprint density at radius 2 is 1.90 bits per heavy atom. The Balaban J connectivity index is 2.36. The molecule has 0 aliphatic heterocycles. The number of esters is 1. The van der Waals surface area contributed by atoms with E-state index in [1.165, 1.54) is 36.5 Å². The minimum absolute atomic E-state index is 0.0114. The molecule has 1 heterocycles. The summed E-state index contributed by atoms with van der Waals surface area (Å²) in [5, 5.41) is 22.9. The van der Waals surface area contributed by atoms with Crippen molar-refractivity contribution in [3.05, 3.63) is 70.0 Å². The molecule has 0 spiro atoms. The van der Waals surface area contributed by atoms with Crippen LogP contribution in [0.1, 0.15) is 35.3 Å². The minimum atomic E-state index is -1.49. The summed E-state index contributed by atoms with van der Waals surface area (Å²) in [6, 6.07) is 8.21. The Hall–Kier alpha value is -3.82. The van der Waals surface area contributed by atoms with Crippen LogP contribution in [0.3, 0.4) is 0 Å². The van der Waals surface area contributed by atoms with Crippen LogP contribution in [0.4, 0.5) is 5.69 Å². The van der Waals surface area contributed by atoms with Gasteiger partial charge in [-0.2, -0.15) is 0 Å². The van der Waals surface area contributed by atoms with Crippen LogP contribution in [0, 0.1) is 10.1 Å². The van der Waals surface area contributed by atoms with Gasteiger partial charge in [0.05, 0.1) is 18.0 Å². The zero-order chi connectivity index (χ0) is 21.4. The van der Waals surface area contributed by atoms with E-state index in [1.54, 1.807) is 19.1 Å². The largest absolute Gasteiger partial charge is 0.480 e. The van der Waals surface area contributed by atoms with Gasteiger partial charge in [0.1, 0.15) is 11.7 Å². The number of nitrogens with one attached hydrogen (secondary N) is 1. The molecule has 152 valence electrons. The molecule has 1 aromatic heterocycles. The number of carbonyl (C=O) groups is 3. The van der Waals surface area contributed by atoms with Gasteiger partial charge in [-0.15, -0.1) is 0 Å². The molecular formula is C19H19N3O7. The van der Waals surface area contributed by atoms with Crippen molar-refractivity contribution < 1.29 is 29.2 Å². The van der Waals surface area contributed by atoms with Crippen LogP contribution in [-0.4, -0.2) is 45.5 Å². The number of aromatic nitrogens is 1.